The lowest BCUT2D eigenvalue weighted by Gasteiger charge is -2.48. The van der Waals surface area contributed by atoms with E-state index in [0.29, 0.717) is 62.5 Å². The number of rotatable bonds is 14. The van der Waals surface area contributed by atoms with E-state index in [2.05, 4.69) is 22.2 Å². The highest BCUT2D eigenvalue weighted by molar-refractivity contribution is 6.32. The van der Waals surface area contributed by atoms with Crippen molar-refractivity contribution in [1.29, 1.82) is 0 Å². The summed E-state index contributed by atoms with van der Waals surface area (Å²) in [4.78, 5) is 62.6. The molecule has 1 aliphatic heterocycles. The number of fused-ring (bicyclic) bond motifs is 5. The van der Waals surface area contributed by atoms with Crippen LogP contribution in [0.3, 0.4) is 0 Å². The Morgan fingerprint density at radius 1 is 0.964 bits per heavy atom. The molecule has 5 aliphatic carbocycles. The number of hydrogen-bond acceptors (Lipinski definition) is 18. The van der Waals surface area contributed by atoms with Gasteiger partial charge in [-0.05, 0) is 135 Å². The van der Waals surface area contributed by atoms with Crippen LogP contribution in [0.1, 0.15) is 157 Å². The number of ether oxygens (including phenoxy) is 4. The zero-order chi connectivity index (χ0) is 59.1. The van der Waals surface area contributed by atoms with E-state index in [1.807, 2.05) is 25.2 Å². The van der Waals surface area contributed by atoms with E-state index < -0.39 is 108 Å². The standard InChI is InChI=1S/C63H73N5O15/c1-32(71)81-47-27-39(30-69)48-49-43(47)20-13-33-7-5-8-34(23-33)25-42(72)19-18-41(64)11-6-12-44-50(55(49)75)51(54(48)74)53(73)45(26-38-15-14-36-16-17-40-24-35(29-67-2)28-62(40,77)52(36)46(38)31-70)57(44)83-60-59(80-22-21-68-61(65)66)63(78,79)58(76)56(82-60)37-9-3-4-10-37/h5,7-8,13-15,20,23,27,31,35,37,40-42,56,58-60,67,69,72-73,76-79H,3-4,9-10,12,16-19,21-22,24-26,28-30,64H2,1-2H3,(H4,65,66,68)/b20-13+/t35-,40+,41+,42+,56+,58-,59+,60-,62-/m1/s1. The van der Waals surface area contributed by atoms with E-state index in [4.69, 9.17) is 36.1 Å². The Bertz CT molecular complexity index is 3340. The molecule has 20 heteroatoms. The van der Waals surface area contributed by atoms with Gasteiger partial charge < -0.3 is 77.2 Å². The quantitative estimate of drug-likeness (QED) is 0.0111. The van der Waals surface area contributed by atoms with Gasteiger partial charge in [0.15, 0.2) is 29.9 Å². The molecular weight excluding hydrogens is 1070 g/mol. The fourth-order valence-electron chi connectivity index (χ4n) is 13.8. The predicted molar refractivity (Wildman–Crippen MR) is 304 cm³/mol. The average molecular weight is 1140 g/mol. The highest BCUT2D eigenvalue weighted by atomic mass is 16.7. The summed E-state index contributed by atoms with van der Waals surface area (Å²) < 4.78 is 25.5. The van der Waals surface area contributed by atoms with Gasteiger partial charge in [0.25, 0.3) is 0 Å². The number of nitrogens with one attached hydrogen (secondary N) is 1. The largest absolute Gasteiger partial charge is 0.507 e. The second-order valence-electron chi connectivity index (χ2n) is 23.1. The van der Waals surface area contributed by atoms with E-state index in [-0.39, 0.29) is 106 Å². The molecule has 20 nitrogen and oxygen atoms in total. The zero-order valence-corrected chi connectivity index (χ0v) is 46.6. The number of aromatic hydroxyl groups is 1. The number of ketones is 2. The molecule has 3 fully saturated rings. The van der Waals surface area contributed by atoms with Crippen molar-refractivity contribution in [3.8, 4) is 29.1 Å². The predicted octanol–water partition coefficient (Wildman–Crippen LogP) is 3.10. The number of phenolic OH excluding ortho intramolecular Hbond substituents is 1. The van der Waals surface area contributed by atoms with E-state index in [1.54, 1.807) is 24.3 Å². The summed E-state index contributed by atoms with van der Waals surface area (Å²) in [6, 6.07) is 11.2. The lowest BCUT2D eigenvalue weighted by atomic mass is 9.70. The number of aliphatic imine (C=N–C) groups is 1. The number of aryl methyl sites for hydroxylation is 1. The third-order valence-corrected chi connectivity index (χ3v) is 17.6. The van der Waals surface area contributed by atoms with Crippen molar-refractivity contribution in [2.24, 2.45) is 39.9 Å². The van der Waals surface area contributed by atoms with Crippen LogP contribution in [0.15, 0.2) is 47.5 Å². The molecule has 1 heterocycles. The monoisotopic (exact) mass is 1140 g/mol. The van der Waals surface area contributed by atoms with E-state index in [9.17, 15) is 45.3 Å². The molecule has 0 amide bonds. The van der Waals surface area contributed by atoms with Gasteiger partial charge in [0.05, 0.1) is 49.2 Å². The van der Waals surface area contributed by atoms with Crippen LogP contribution >= 0.6 is 0 Å². The molecule has 9 atom stereocenters. The molecule has 0 spiro atoms. The number of phenols is 1. The number of aliphatic hydroxyl groups excluding tert-OH is 3. The first-order chi connectivity index (χ1) is 39.8. The first-order valence-electron chi connectivity index (χ1n) is 28.5. The van der Waals surface area contributed by atoms with Gasteiger partial charge in [-0.25, -0.2) is 0 Å². The van der Waals surface area contributed by atoms with Crippen LogP contribution in [0.4, 0.5) is 0 Å². The average Bonchev–Trinajstić information content (AvgIpc) is 1.88. The van der Waals surface area contributed by atoms with Gasteiger partial charge in [0.1, 0.15) is 23.4 Å². The minimum absolute atomic E-state index is 0.0403. The topological polar surface area (TPSA) is 349 Å². The molecule has 14 N–H and O–H groups in total. The van der Waals surface area contributed by atoms with Crippen molar-refractivity contribution in [2.75, 3.05) is 26.7 Å². The molecule has 0 unspecified atom stereocenters. The maximum atomic E-state index is 16.2. The maximum Gasteiger partial charge on any atom is 0.308 e. The number of aldehydes is 1. The molecule has 6 aliphatic rings. The fraction of sp³-hybridized carbons (Fsp3) is 0.476. The summed E-state index contributed by atoms with van der Waals surface area (Å²) in [6.45, 7) is 0.398. The van der Waals surface area contributed by atoms with Crippen LogP contribution in [0, 0.1) is 29.6 Å². The first kappa shape index (κ1) is 59.3. The first-order valence-corrected chi connectivity index (χ1v) is 28.5. The molecule has 440 valence electrons. The molecule has 2 saturated carbocycles. The number of hydrogen-bond donors (Lipinski definition) is 11. The molecule has 4 aromatic carbocycles. The number of nitrogens with zero attached hydrogens (tertiary/aromatic N) is 1. The fourth-order valence-corrected chi connectivity index (χ4v) is 13.8. The molecule has 83 heavy (non-hydrogen) atoms. The van der Waals surface area contributed by atoms with E-state index in [1.165, 1.54) is 12.1 Å². The molecule has 0 radical (unpaired) electrons. The lowest BCUT2D eigenvalue weighted by Crippen LogP contribution is -2.69. The van der Waals surface area contributed by atoms with Gasteiger partial charge in [-0.2, -0.15) is 0 Å². The summed E-state index contributed by atoms with van der Waals surface area (Å²) in [6.07, 6.45) is 0.650. The Morgan fingerprint density at radius 3 is 2.46 bits per heavy atom. The summed E-state index contributed by atoms with van der Waals surface area (Å²) in [5, 5.41) is 87.6. The Balaban J connectivity index is 1.25. The van der Waals surface area contributed by atoms with Crippen LogP contribution in [-0.4, -0.2) is 135 Å². The zero-order valence-electron chi connectivity index (χ0n) is 46.6. The van der Waals surface area contributed by atoms with Gasteiger partial charge >= 0.3 is 5.97 Å². The van der Waals surface area contributed by atoms with Crippen molar-refractivity contribution >= 4 is 41.9 Å². The third kappa shape index (κ3) is 11.5. The Labute approximate surface area is 480 Å². The van der Waals surface area contributed by atoms with Crippen LogP contribution in [0.5, 0.6) is 17.2 Å². The maximum absolute atomic E-state index is 16.2. The van der Waals surface area contributed by atoms with Crippen molar-refractivity contribution in [3.05, 3.63) is 120 Å². The smallest absolute Gasteiger partial charge is 0.308 e. The third-order valence-electron chi connectivity index (χ3n) is 17.6. The lowest BCUT2D eigenvalue weighted by molar-refractivity contribution is -0.386. The van der Waals surface area contributed by atoms with E-state index >= 15 is 9.59 Å². The second-order valence-corrected chi connectivity index (χ2v) is 23.1. The SMILES string of the molecule is CNC[C@@H]1C[C@@H]2CCc3ccc(Cc4c(O)c5c6c(c4O[C@H]4O[C@@H](C7CCCC7)[C@@H](O)C(O)(O)[C@H]4OCCN=C(N)N)CC#C[C@H](N)CC[C@H](O)Cc4cccc(c4)/C=C/c4c(OC(C)=O)cc(CO)c(c4C6=O)C5=O)c(C=O)c3[C@@]2(O)C1. The van der Waals surface area contributed by atoms with Crippen LogP contribution in [-0.2, 0) is 52.2 Å². The van der Waals surface area contributed by atoms with Gasteiger partial charge in [0.2, 0.25) is 12.1 Å². The summed E-state index contributed by atoms with van der Waals surface area (Å²) >= 11 is 0. The summed E-state index contributed by atoms with van der Waals surface area (Å²) in [5.41, 5.74) is 17.5. The molecule has 4 bridgehead atoms. The normalized spacial score (nSPS) is 26.8. The number of nitrogens with two attached hydrogens (primary N) is 3. The number of benzene rings is 4. The number of esters is 1. The van der Waals surface area contributed by atoms with E-state index in [0.717, 1.165) is 30.9 Å². The van der Waals surface area contributed by atoms with Crippen LogP contribution in [0.25, 0.3) is 12.2 Å². The minimum Gasteiger partial charge on any atom is -0.507 e. The van der Waals surface area contributed by atoms with Gasteiger partial charge in [0, 0.05) is 58.7 Å². The highest BCUT2D eigenvalue weighted by Crippen LogP contribution is 2.55. The molecule has 0 aromatic heterocycles. The molecule has 10 rings (SSSR count). The van der Waals surface area contributed by atoms with Gasteiger partial charge in [-0.3, -0.25) is 24.2 Å². The van der Waals surface area contributed by atoms with Crippen molar-refractivity contribution < 1.29 is 73.9 Å². The number of guanidine groups is 1. The van der Waals surface area contributed by atoms with Gasteiger partial charge in [-0.1, -0.05) is 67.2 Å². The van der Waals surface area contributed by atoms with Crippen molar-refractivity contribution in [1.82, 2.24) is 5.32 Å². The molecule has 1 saturated heterocycles. The van der Waals surface area contributed by atoms with Crippen LogP contribution < -0.4 is 32.0 Å². The summed E-state index contributed by atoms with van der Waals surface area (Å²) in [7, 11) is 1.84. The Morgan fingerprint density at radius 2 is 1.73 bits per heavy atom. The minimum atomic E-state index is -3.11. The van der Waals surface area contributed by atoms with Gasteiger partial charge in [-0.15, -0.1) is 0 Å². The number of carbonyl (C=O) groups is 4. The Hall–Kier alpha value is -6.87. The van der Waals surface area contributed by atoms with Crippen LogP contribution in [0.2, 0.25) is 0 Å². The Kier molecular flexibility index (Phi) is 17.4. The van der Waals surface area contributed by atoms with Crippen molar-refractivity contribution in [2.45, 2.75) is 145 Å². The summed E-state index contributed by atoms with van der Waals surface area (Å²) in [5.74, 6) is -1.72. The molecular formula is C63H73N5O15. The molecule has 4 aromatic rings. The highest BCUT2D eigenvalue weighted by Gasteiger charge is 2.59. The number of carbonyl (C=O) groups excluding carboxylic acids is 4. The van der Waals surface area contributed by atoms with Crippen molar-refractivity contribution in [3.63, 3.8) is 0 Å². The second kappa shape index (κ2) is 24.4. The number of aliphatic hydroxyl groups is 6.